The molecule has 0 aromatic rings. The highest BCUT2D eigenvalue weighted by Crippen LogP contribution is 2.07. The molecule has 7 heteroatoms. The predicted molar refractivity (Wildman–Crippen MR) is 42.1 cm³/mol. The van der Waals surface area contributed by atoms with Gasteiger partial charge < -0.3 is 4.90 Å². The summed E-state index contributed by atoms with van der Waals surface area (Å²) in [6.45, 7) is 2.23. The Morgan fingerprint density at radius 3 is 2.42 bits per heavy atom. The maximum Gasteiger partial charge on any atom is 0.278 e. The van der Waals surface area contributed by atoms with Gasteiger partial charge in [-0.15, -0.1) is 0 Å². The number of nitrogens with zero attached hydrogens (tertiary/aromatic N) is 2. The molecule has 70 valence electrons. The van der Waals surface area contributed by atoms with E-state index in [4.69, 9.17) is 5.14 Å². The molecule has 0 atom stereocenters. The first-order valence-electron chi connectivity index (χ1n) is 3.50. The first kappa shape index (κ1) is 9.43. The van der Waals surface area contributed by atoms with Gasteiger partial charge in [-0.3, -0.25) is 4.79 Å². The van der Waals surface area contributed by atoms with Crippen molar-refractivity contribution in [2.24, 2.45) is 5.14 Å². The largest absolute Gasteiger partial charge is 0.328 e. The van der Waals surface area contributed by atoms with E-state index in [9.17, 15) is 13.2 Å². The van der Waals surface area contributed by atoms with Crippen molar-refractivity contribution in [3.8, 4) is 0 Å². The molecule has 1 saturated heterocycles. The number of nitrogens with two attached hydrogens (primary N) is 1. The van der Waals surface area contributed by atoms with Crippen molar-refractivity contribution < 1.29 is 13.2 Å². The van der Waals surface area contributed by atoms with Crippen LogP contribution in [0.4, 0.5) is 0 Å². The van der Waals surface area contributed by atoms with Crippen molar-refractivity contribution in [1.29, 1.82) is 0 Å². The molecule has 0 aromatic heterocycles. The summed E-state index contributed by atoms with van der Waals surface area (Å²) in [6.07, 6.45) is 0. The molecule has 1 rings (SSSR count). The van der Waals surface area contributed by atoms with Crippen LogP contribution in [-0.2, 0) is 15.0 Å². The van der Waals surface area contributed by atoms with Crippen molar-refractivity contribution in [3.63, 3.8) is 0 Å². The molecule has 0 aromatic carbocycles. The van der Waals surface area contributed by atoms with Crippen LogP contribution in [0.3, 0.4) is 0 Å². The third-order valence-electron chi connectivity index (χ3n) is 1.73. The van der Waals surface area contributed by atoms with Crippen LogP contribution in [0, 0.1) is 0 Å². The van der Waals surface area contributed by atoms with Gasteiger partial charge in [0, 0.05) is 6.54 Å². The second-order valence-electron chi connectivity index (χ2n) is 2.55. The monoisotopic (exact) mass is 193 g/mol. The van der Waals surface area contributed by atoms with Gasteiger partial charge in [-0.2, -0.15) is 12.7 Å². The molecule has 0 radical (unpaired) electrons. The van der Waals surface area contributed by atoms with E-state index in [1.54, 1.807) is 6.92 Å². The van der Waals surface area contributed by atoms with Gasteiger partial charge in [-0.1, -0.05) is 0 Å². The molecule has 1 aliphatic heterocycles. The summed E-state index contributed by atoms with van der Waals surface area (Å²) >= 11 is 0. The average molecular weight is 193 g/mol. The smallest absolute Gasteiger partial charge is 0.278 e. The lowest BCUT2D eigenvalue weighted by Crippen LogP contribution is -2.36. The van der Waals surface area contributed by atoms with Crippen molar-refractivity contribution in [3.05, 3.63) is 0 Å². The zero-order chi connectivity index (χ0) is 9.35. The standard InChI is InChI=1S/C5H11N3O3S/c1-2-7-4-8(3-5(7)9)12(6,10)11/h2-4H2,1H3,(H2,6,10,11). The van der Waals surface area contributed by atoms with E-state index in [1.807, 2.05) is 0 Å². The number of hydrogen-bond donors (Lipinski definition) is 1. The summed E-state index contributed by atoms with van der Waals surface area (Å²) < 4.78 is 22.5. The number of carbonyl (C=O) groups excluding carboxylic acids is 1. The molecule has 0 spiro atoms. The molecule has 0 aliphatic carbocycles. The van der Waals surface area contributed by atoms with Gasteiger partial charge in [0.25, 0.3) is 10.2 Å². The van der Waals surface area contributed by atoms with Crippen LogP contribution >= 0.6 is 0 Å². The topological polar surface area (TPSA) is 83.7 Å². The highest BCUT2D eigenvalue weighted by Gasteiger charge is 2.32. The molecule has 0 unspecified atom stereocenters. The lowest BCUT2D eigenvalue weighted by atomic mass is 10.5. The van der Waals surface area contributed by atoms with Gasteiger partial charge in [0.1, 0.15) is 0 Å². The van der Waals surface area contributed by atoms with Crippen molar-refractivity contribution in [2.75, 3.05) is 19.8 Å². The molecular weight excluding hydrogens is 182 g/mol. The summed E-state index contributed by atoms with van der Waals surface area (Å²) in [6, 6.07) is 0. The quantitative estimate of drug-likeness (QED) is 0.568. The van der Waals surface area contributed by atoms with Crippen molar-refractivity contribution in [2.45, 2.75) is 6.92 Å². The first-order chi connectivity index (χ1) is 5.45. The van der Waals surface area contributed by atoms with Crippen molar-refractivity contribution in [1.82, 2.24) is 9.21 Å². The van der Waals surface area contributed by atoms with E-state index in [0.717, 1.165) is 4.31 Å². The van der Waals surface area contributed by atoms with E-state index < -0.39 is 10.2 Å². The molecule has 6 nitrogen and oxygen atoms in total. The normalized spacial score (nSPS) is 20.5. The van der Waals surface area contributed by atoms with E-state index in [2.05, 4.69) is 0 Å². The summed E-state index contributed by atoms with van der Waals surface area (Å²) in [7, 11) is -3.71. The lowest BCUT2D eigenvalue weighted by Gasteiger charge is -2.13. The van der Waals surface area contributed by atoms with Gasteiger partial charge in [0.2, 0.25) is 5.91 Å². The minimum Gasteiger partial charge on any atom is -0.328 e. The molecule has 1 aliphatic rings. The summed E-state index contributed by atoms with van der Waals surface area (Å²) in [5.41, 5.74) is 0. The Bertz CT molecular complexity index is 286. The van der Waals surface area contributed by atoms with Crippen LogP contribution < -0.4 is 5.14 Å². The van der Waals surface area contributed by atoms with Crippen LogP contribution in [0.2, 0.25) is 0 Å². The molecule has 1 amide bonds. The van der Waals surface area contributed by atoms with Gasteiger partial charge in [0.05, 0.1) is 13.2 Å². The molecule has 12 heavy (non-hydrogen) atoms. The van der Waals surface area contributed by atoms with Gasteiger partial charge in [-0.05, 0) is 6.92 Å². The van der Waals surface area contributed by atoms with E-state index in [-0.39, 0.29) is 19.1 Å². The Morgan fingerprint density at radius 2 is 2.17 bits per heavy atom. The summed E-state index contributed by atoms with van der Waals surface area (Å²) in [5.74, 6) is -0.202. The van der Waals surface area contributed by atoms with Crippen LogP contribution in [0.25, 0.3) is 0 Å². The second-order valence-corrected chi connectivity index (χ2v) is 4.09. The average Bonchev–Trinajstić information content (AvgIpc) is 2.29. The van der Waals surface area contributed by atoms with Crippen LogP contribution in [0.15, 0.2) is 0 Å². The number of hydrogen-bond acceptors (Lipinski definition) is 3. The molecular formula is C5H11N3O3S. The van der Waals surface area contributed by atoms with Gasteiger partial charge in [-0.25, -0.2) is 5.14 Å². The maximum atomic E-state index is 11.0. The lowest BCUT2D eigenvalue weighted by molar-refractivity contribution is -0.126. The minimum atomic E-state index is -3.71. The molecule has 2 N–H and O–H groups in total. The summed E-state index contributed by atoms with van der Waals surface area (Å²) in [4.78, 5) is 12.4. The highest BCUT2D eigenvalue weighted by molar-refractivity contribution is 7.86. The third-order valence-corrected chi connectivity index (χ3v) is 2.70. The first-order valence-corrected chi connectivity index (χ1v) is 5.01. The fourth-order valence-corrected chi connectivity index (χ4v) is 1.61. The Balaban J connectivity index is 2.73. The highest BCUT2D eigenvalue weighted by atomic mass is 32.2. The predicted octanol–water partition coefficient (Wildman–Crippen LogP) is -1.69. The molecule has 1 fully saturated rings. The number of rotatable bonds is 2. The van der Waals surface area contributed by atoms with E-state index >= 15 is 0 Å². The Hall–Kier alpha value is -0.660. The Kier molecular flexibility index (Phi) is 2.36. The zero-order valence-electron chi connectivity index (χ0n) is 6.73. The molecule has 0 saturated carbocycles. The number of carbonyl (C=O) groups is 1. The van der Waals surface area contributed by atoms with E-state index in [0.29, 0.717) is 6.54 Å². The Morgan fingerprint density at radius 1 is 1.58 bits per heavy atom. The number of amides is 1. The summed E-state index contributed by atoms with van der Waals surface area (Å²) in [5, 5.41) is 4.84. The molecule has 0 bridgehead atoms. The Labute approximate surface area is 71.1 Å². The van der Waals surface area contributed by atoms with Crippen LogP contribution in [-0.4, -0.2) is 43.3 Å². The van der Waals surface area contributed by atoms with Crippen LogP contribution in [0.1, 0.15) is 6.92 Å². The van der Waals surface area contributed by atoms with E-state index in [1.165, 1.54) is 4.90 Å². The SMILES string of the molecule is CCN1CN(S(N)(=O)=O)CC1=O. The fraction of sp³-hybridized carbons (Fsp3) is 0.800. The minimum absolute atomic E-state index is 0.0775. The fourth-order valence-electron chi connectivity index (χ4n) is 1.02. The molecule has 1 heterocycles. The third kappa shape index (κ3) is 1.74. The second kappa shape index (κ2) is 3.00. The van der Waals surface area contributed by atoms with Crippen molar-refractivity contribution >= 4 is 16.1 Å². The maximum absolute atomic E-state index is 11.0. The number of likely N-dealkylation sites (N-methyl/N-ethyl adjacent to an activating group) is 1. The zero-order valence-corrected chi connectivity index (χ0v) is 7.54. The van der Waals surface area contributed by atoms with Crippen LogP contribution in [0.5, 0.6) is 0 Å². The van der Waals surface area contributed by atoms with Gasteiger partial charge in [0.15, 0.2) is 0 Å². The van der Waals surface area contributed by atoms with Gasteiger partial charge >= 0.3 is 0 Å².